The Morgan fingerprint density at radius 1 is 1.10 bits per heavy atom. The molecule has 3 rings (SSSR count). The van der Waals surface area contributed by atoms with E-state index in [-0.39, 0.29) is 17.4 Å². The van der Waals surface area contributed by atoms with E-state index in [2.05, 4.69) is 28.5 Å². The van der Waals surface area contributed by atoms with Gasteiger partial charge in [0.15, 0.2) is 22.3 Å². The molecule has 0 aliphatic heterocycles. The minimum absolute atomic E-state index is 0.140. The minimum Gasteiger partial charge on any atom is -0.484 e. The van der Waals surface area contributed by atoms with Crippen molar-refractivity contribution in [2.24, 2.45) is 0 Å². The van der Waals surface area contributed by atoms with Crippen LogP contribution in [0, 0.1) is 0 Å². The number of benzene rings is 2. The van der Waals surface area contributed by atoms with Gasteiger partial charge >= 0.3 is 0 Å². The maximum absolute atomic E-state index is 12.1. The molecular weight excluding hydrogens is 410 g/mol. The lowest BCUT2D eigenvalue weighted by molar-refractivity contribution is -0.118. The van der Waals surface area contributed by atoms with Crippen LogP contribution in [0.15, 0.2) is 53.4 Å². The number of ether oxygens (including phenoxy) is 1. The van der Waals surface area contributed by atoms with Gasteiger partial charge in [-0.2, -0.15) is 9.36 Å². The largest absolute Gasteiger partial charge is 0.484 e. The number of rotatable bonds is 7. The summed E-state index contributed by atoms with van der Waals surface area (Å²) in [5, 5.41) is 3.00. The van der Waals surface area contributed by atoms with Crippen LogP contribution in [0.3, 0.4) is 0 Å². The summed E-state index contributed by atoms with van der Waals surface area (Å²) in [6, 6.07) is 13.9. The van der Waals surface area contributed by atoms with Crippen molar-refractivity contribution in [3.05, 3.63) is 54.1 Å². The topological polar surface area (TPSA) is 98.2 Å². The number of sulfone groups is 1. The lowest BCUT2D eigenvalue weighted by atomic mass is 10.0. The van der Waals surface area contributed by atoms with Crippen molar-refractivity contribution >= 4 is 32.4 Å². The molecule has 2 aromatic carbocycles. The third-order valence-corrected chi connectivity index (χ3v) is 5.89. The quantitative estimate of drug-likeness (QED) is 0.612. The molecule has 152 valence electrons. The second kappa shape index (κ2) is 8.71. The Balaban J connectivity index is 1.57. The first-order valence-corrected chi connectivity index (χ1v) is 11.6. The molecular formula is C20H21N3O4S2. The van der Waals surface area contributed by atoms with Crippen LogP contribution in [0.5, 0.6) is 5.75 Å². The molecule has 0 spiro atoms. The monoisotopic (exact) mass is 431 g/mol. The molecule has 3 aromatic rings. The van der Waals surface area contributed by atoms with Gasteiger partial charge in [-0.15, -0.1) is 0 Å². The first kappa shape index (κ1) is 20.9. The predicted octanol–water partition coefficient (Wildman–Crippen LogP) is 3.75. The molecule has 1 heterocycles. The number of nitrogens with one attached hydrogen (secondary N) is 1. The average Bonchev–Trinajstić information content (AvgIpc) is 3.14. The SMILES string of the molecule is CC(C)c1ccc(OCC(=O)Nc2nc(-c3ccc(S(C)(=O)=O)cc3)ns2)cc1. The van der Waals surface area contributed by atoms with Gasteiger partial charge in [-0.1, -0.05) is 26.0 Å². The van der Waals surface area contributed by atoms with E-state index in [0.717, 1.165) is 17.8 Å². The Hall–Kier alpha value is -2.78. The highest BCUT2D eigenvalue weighted by atomic mass is 32.2. The molecule has 1 N–H and O–H groups in total. The molecule has 9 heteroatoms. The Bertz CT molecular complexity index is 1090. The number of hydrogen-bond donors (Lipinski definition) is 1. The molecule has 0 bridgehead atoms. The zero-order valence-corrected chi connectivity index (χ0v) is 17.9. The van der Waals surface area contributed by atoms with E-state index in [1.165, 1.54) is 17.7 Å². The highest BCUT2D eigenvalue weighted by Gasteiger charge is 2.12. The van der Waals surface area contributed by atoms with Crippen molar-refractivity contribution in [3.8, 4) is 17.1 Å². The molecule has 0 fully saturated rings. The fraction of sp³-hybridized carbons (Fsp3) is 0.250. The highest BCUT2D eigenvalue weighted by Crippen LogP contribution is 2.23. The molecule has 0 atom stereocenters. The van der Waals surface area contributed by atoms with Crippen LogP contribution in [0.1, 0.15) is 25.3 Å². The van der Waals surface area contributed by atoms with Crippen LogP contribution in [0.4, 0.5) is 5.13 Å². The second-order valence-corrected chi connectivity index (χ2v) is 9.55. The van der Waals surface area contributed by atoms with Gasteiger partial charge in [0.05, 0.1) is 4.90 Å². The van der Waals surface area contributed by atoms with Crippen LogP contribution in [-0.4, -0.2) is 36.5 Å². The molecule has 0 aliphatic carbocycles. The molecule has 0 aliphatic rings. The van der Waals surface area contributed by atoms with Crippen molar-refractivity contribution in [2.75, 3.05) is 18.2 Å². The molecule has 0 saturated carbocycles. The Morgan fingerprint density at radius 2 is 1.76 bits per heavy atom. The van der Waals surface area contributed by atoms with E-state index in [1.807, 2.05) is 24.3 Å². The zero-order valence-electron chi connectivity index (χ0n) is 16.2. The third kappa shape index (κ3) is 5.61. The molecule has 1 amide bonds. The average molecular weight is 432 g/mol. The van der Waals surface area contributed by atoms with E-state index in [0.29, 0.717) is 28.2 Å². The van der Waals surface area contributed by atoms with Crippen LogP contribution >= 0.6 is 11.5 Å². The molecule has 7 nitrogen and oxygen atoms in total. The number of carbonyl (C=O) groups excluding carboxylic acids is 1. The van der Waals surface area contributed by atoms with Crippen LogP contribution in [0.25, 0.3) is 11.4 Å². The summed E-state index contributed by atoms with van der Waals surface area (Å²) >= 11 is 1.04. The predicted molar refractivity (Wildman–Crippen MR) is 113 cm³/mol. The van der Waals surface area contributed by atoms with Gasteiger partial charge in [0, 0.05) is 23.4 Å². The number of nitrogens with zero attached hydrogens (tertiary/aromatic N) is 2. The minimum atomic E-state index is -3.26. The first-order valence-electron chi connectivity index (χ1n) is 8.89. The van der Waals surface area contributed by atoms with Gasteiger partial charge in [-0.3, -0.25) is 10.1 Å². The van der Waals surface area contributed by atoms with Crippen molar-refractivity contribution in [1.82, 2.24) is 9.36 Å². The summed E-state index contributed by atoms with van der Waals surface area (Å²) in [5.74, 6) is 1.12. The van der Waals surface area contributed by atoms with Crippen molar-refractivity contribution in [2.45, 2.75) is 24.7 Å². The van der Waals surface area contributed by atoms with E-state index < -0.39 is 9.84 Å². The van der Waals surface area contributed by atoms with Crippen LogP contribution in [-0.2, 0) is 14.6 Å². The van der Waals surface area contributed by atoms with Gasteiger partial charge in [0.2, 0.25) is 5.13 Å². The Labute approximate surface area is 173 Å². The summed E-state index contributed by atoms with van der Waals surface area (Å²) in [5.41, 5.74) is 1.86. The van der Waals surface area contributed by atoms with Gasteiger partial charge < -0.3 is 4.74 Å². The summed E-state index contributed by atoms with van der Waals surface area (Å²) in [4.78, 5) is 16.6. The zero-order chi connectivity index (χ0) is 21.0. The summed E-state index contributed by atoms with van der Waals surface area (Å²) in [6.07, 6.45) is 1.15. The standard InChI is InChI=1S/C20H21N3O4S2/c1-13(2)14-4-8-16(9-5-14)27-12-18(24)21-20-22-19(23-28-20)15-6-10-17(11-7-15)29(3,25)26/h4-11,13H,12H2,1-3H3,(H,21,22,23,24). The lowest BCUT2D eigenvalue weighted by Gasteiger charge is -2.08. The van der Waals surface area contributed by atoms with E-state index in [9.17, 15) is 13.2 Å². The normalized spacial score (nSPS) is 11.4. The second-order valence-electron chi connectivity index (χ2n) is 6.78. The van der Waals surface area contributed by atoms with Crippen molar-refractivity contribution < 1.29 is 17.9 Å². The molecule has 29 heavy (non-hydrogen) atoms. The van der Waals surface area contributed by atoms with Gasteiger partial charge in [-0.25, -0.2) is 8.42 Å². The number of carbonyl (C=O) groups is 1. The van der Waals surface area contributed by atoms with E-state index in [4.69, 9.17) is 4.74 Å². The molecule has 0 saturated heterocycles. The van der Waals surface area contributed by atoms with Gasteiger partial charge in [0.1, 0.15) is 5.75 Å². The fourth-order valence-corrected chi connectivity index (χ4v) is 3.73. The summed E-state index contributed by atoms with van der Waals surface area (Å²) in [6.45, 7) is 4.08. The van der Waals surface area contributed by atoms with Crippen molar-refractivity contribution in [1.29, 1.82) is 0 Å². The number of amides is 1. The van der Waals surface area contributed by atoms with Crippen LogP contribution in [0.2, 0.25) is 0 Å². The number of hydrogen-bond acceptors (Lipinski definition) is 7. The maximum atomic E-state index is 12.1. The van der Waals surface area contributed by atoms with Gasteiger partial charge in [0.25, 0.3) is 5.91 Å². The summed E-state index contributed by atoms with van der Waals surface area (Å²) < 4.78 is 32.8. The number of aromatic nitrogens is 2. The highest BCUT2D eigenvalue weighted by molar-refractivity contribution is 7.90. The van der Waals surface area contributed by atoms with Gasteiger partial charge in [-0.05, 0) is 47.9 Å². The van der Waals surface area contributed by atoms with E-state index >= 15 is 0 Å². The molecule has 0 unspecified atom stereocenters. The smallest absolute Gasteiger partial charge is 0.264 e. The Kier molecular flexibility index (Phi) is 6.29. The maximum Gasteiger partial charge on any atom is 0.264 e. The van der Waals surface area contributed by atoms with E-state index in [1.54, 1.807) is 12.1 Å². The third-order valence-electron chi connectivity index (χ3n) is 4.13. The Morgan fingerprint density at radius 3 is 2.34 bits per heavy atom. The molecule has 0 radical (unpaired) electrons. The fourth-order valence-electron chi connectivity index (χ4n) is 2.50. The number of anilines is 1. The summed E-state index contributed by atoms with van der Waals surface area (Å²) in [7, 11) is -3.26. The van der Waals surface area contributed by atoms with Crippen LogP contribution < -0.4 is 10.1 Å². The molecule has 1 aromatic heterocycles. The lowest BCUT2D eigenvalue weighted by Crippen LogP contribution is -2.20. The van der Waals surface area contributed by atoms with Crippen molar-refractivity contribution in [3.63, 3.8) is 0 Å². The first-order chi connectivity index (χ1) is 13.7.